The number of fused-ring (bicyclic) bond motifs is 4. The summed E-state index contributed by atoms with van der Waals surface area (Å²) in [7, 11) is 0. The first-order valence-electron chi connectivity index (χ1n) is 21.8. The molecule has 0 amide bonds. The number of hydrogen-bond acceptors (Lipinski definition) is 0. The van der Waals surface area contributed by atoms with Crippen LogP contribution in [0.3, 0.4) is 0 Å². The van der Waals surface area contributed by atoms with Crippen molar-refractivity contribution in [1.82, 2.24) is 0 Å². The van der Waals surface area contributed by atoms with Crippen LogP contribution in [0.4, 0.5) is 0 Å². The van der Waals surface area contributed by atoms with Crippen molar-refractivity contribution in [3.05, 3.63) is 157 Å². The van der Waals surface area contributed by atoms with Crippen LogP contribution in [-0.4, -0.2) is 0 Å². The lowest BCUT2D eigenvalue weighted by Gasteiger charge is -2.19. The largest absolute Gasteiger partial charge is 0.0629 e. The summed E-state index contributed by atoms with van der Waals surface area (Å²) in [6, 6.07) is -0.989. The third-order valence-corrected chi connectivity index (χ3v) is 6.96. The summed E-state index contributed by atoms with van der Waals surface area (Å²) in [6.07, 6.45) is 0. The number of benzene rings is 8. The maximum Gasteiger partial charge on any atom is 0.0629 e. The van der Waals surface area contributed by atoms with Crippen LogP contribution < -0.4 is 0 Å². The maximum absolute atomic E-state index is 9.38. The lowest BCUT2D eigenvalue weighted by molar-refractivity contribution is 1.65. The molecule has 0 bridgehead atoms. The van der Waals surface area contributed by atoms with Crippen LogP contribution in [0.15, 0.2) is 157 Å². The fraction of sp³-hybridized carbons (Fsp3) is 0. The summed E-state index contributed by atoms with van der Waals surface area (Å²) in [5.74, 6) is 0. The second-order valence-electron chi connectivity index (χ2n) is 9.07. The zero-order chi connectivity index (χ0) is 43.0. The van der Waals surface area contributed by atoms with Gasteiger partial charge in [-0.3, -0.25) is 0 Å². The molecule has 0 aliphatic heterocycles. The summed E-state index contributed by atoms with van der Waals surface area (Å²) >= 11 is 0. The van der Waals surface area contributed by atoms with Crippen LogP contribution in [0.2, 0.25) is 0 Å². The highest BCUT2D eigenvalue weighted by molar-refractivity contribution is 6.24. The van der Waals surface area contributed by atoms with Gasteiger partial charge in [-0.05, 0) is 82.5 Å². The Bertz CT molecular complexity index is 3170. The smallest absolute Gasteiger partial charge is 0.0622 e. The molecular weight excluding hydrogens is 480 g/mol. The van der Waals surface area contributed by atoms with Gasteiger partial charge in [0.2, 0.25) is 0 Å². The highest BCUT2D eigenvalue weighted by Crippen LogP contribution is 2.46. The molecule has 0 radical (unpaired) electrons. The normalized spacial score (nSPS) is 18.1. The highest BCUT2D eigenvalue weighted by atomic mass is 14.2. The van der Waals surface area contributed by atoms with Crippen LogP contribution in [0.1, 0.15) is 26.0 Å². The third-order valence-electron chi connectivity index (χ3n) is 6.96. The molecule has 0 saturated heterocycles. The summed E-state index contributed by atoms with van der Waals surface area (Å²) in [6.45, 7) is 0. The van der Waals surface area contributed by atoms with Crippen molar-refractivity contribution in [3.63, 3.8) is 0 Å². The first-order valence-corrected chi connectivity index (χ1v) is 12.3. The Morgan fingerprint density at radius 1 is 0.325 bits per heavy atom. The minimum absolute atomic E-state index is 0.0218. The maximum atomic E-state index is 9.38. The Morgan fingerprint density at radius 3 is 1.55 bits per heavy atom. The van der Waals surface area contributed by atoms with Crippen LogP contribution >= 0.6 is 0 Å². The van der Waals surface area contributed by atoms with Gasteiger partial charge in [0.05, 0.1) is 26.0 Å². The van der Waals surface area contributed by atoms with E-state index in [9.17, 15) is 4.11 Å². The van der Waals surface area contributed by atoms with E-state index in [4.69, 9.17) is 21.9 Å². The van der Waals surface area contributed by atoms with E-state index in [2.05, 4.69) is 0 Å². The minimum Gasteiger partial charge on any atom is -0.0622 e. The Kier molecular flexibility index (Phi) is 2.48. The highest BCUT2D eigenvalue weighted by Gasteiger charge is 2.18. The van der Waals surface area contributed by atoms with Gasteiger partial charge in [-0.1, -0.05) is 151 Å². The summed E-state index contributed by atoms with van der Waals surface area (Å²) in [4.78, 5) is 0. The third kappa shape index (κ3) is 3.54. The monoisotopic (exact) mass is 525 g/mol. The zero-order valence-electron chi connectivity index (χ0n) is 39.5. The van der Waals surface area contributed by atoms with Gasteiger partial charge in [-0.15, -0.1) is 0 Å². The van der Waals surface area contributed by atoms with Gasteiger partial charge < -0.3 is 0 Å². The number of rotatable bonds is 3. The predicted octanol–water partition coefficient (Wildman–Crippen LogP) is 11.3. The molecule has 0 fully saturated rings. The van der Waals surface area contributed by atoms with Crippen molar-refractivity contribution in [3.8, 4) is 33.4 Å². The Hall–Kier alpha value is -5.20. The molecule has 0 heteroatoms. The van der Waals surface area contributed by atoms with Gasteiger partial charge in [0, 0.05) is 0 Å². The molecule has 0 saturated carbocycles. The van der Waals surface area contributed by atoms with Crippen molar-refractivity contribution >= 4 is 43.1 Å². The SMILES string of the molecule is [2H]c1cc2c(-c3c([2H])c([2H])c([2H])c([2H])c3[2H])c3cc([2H])c([2H])cc3c(-c3c([2H])c([2H])c([2H])c4c(-c5ccc6c([2H])c([2H])c([2H])c([2H])c6c5)c([2H])c([2H])c([2H])c34)c2cc1[2H]. The summed E-state index contributed by atoms with van der Waals surface area (Å²) in [5, 5.41) is -0.188. The molecule has 0 spiro atoms. The van der Waals surface area contributed by atoms with Crippen molar-refractivity contribution in [2.24, 2.45) is 0 Å². The van der Waals surface area contributed by atoms with E-state index in [-0.39, 0.29) is 113 Å². The standard InChI is InChI=1S/C40H26/c1-2-13-28(14-3-1)39-35-16-6-8-18-37(35)40(38-19-9-7-17-36(38)39)34-23-11-21-32-31(20-10-22-33(32)34)30-25-24-27-12-4-5-15-29(27)26-30/h1-26H/i1D,2D,3D,4D,5D,6D,7D,8D,9D,10D,11D,12D,13D,14D,15D,20D,21D,22D,23D. The summed E-state index contributed by atoms with van der Waals surface area (Å²) < 4.78 is 166. The van der Waals surface area contributed by atoms with Gasteiger partial charge in [0.1, 0.15) is 0 Å². The molecule has 40 heavy (non-hydrogen) atoms. The second kappa shape index (κ2) is 9.22. The van der Waals surface area contributed by atoms with E-state index in [1.54, 1.807) is 0 Å². The molecular formula is C40H26. The first kappa shape index (κ1) is 10.8. The van der Waals surface area contributed by atoms with Crippen LogP contribution in [0, 0.1) is 0 Å². The predicted molar refractivity (Wildman–Crippen MR) is 173 cm³/mol. The topological polar surface area (TPSA) is 0 Å². The molecule has 0 aromatic heterocycles. The van der Waals surface area contributed by atoms with Crippen molar-refractivity contribution in [2.75, 3.05) is 0 Å². The minimum atomic E-state index is -0.685. The van der Waals surface area contributed by atoms with E-state index in [0.29, 0.717) is 0 Å². The first-order chi connectivity index (χ1) is 27.7. The zero-order valence-corrected chi connectivity index (χ0v) is 20.5. The molecule has 0 aliphatic rings. The molecule has 0 atom stereocenters. The molecule has 0 aliphatic carbocycles. The molecule has 186 valence electrons. The quantitative estimate of drug-likeness (QED) is 0.201. The Balaban J connectivity index is 1.64. The molecule has 0 nitrogen and oxygen atoms in total. The fourth-order valence-corrected chi connectivity index (χ4v) is 5.25. The molecule has 0 heterocycles. The van der Waals surface area contributed by atoms with E-state index in [0.717, 1.165) is 0 Å². The van der Waals surface area contributed by atoms with Crippen molar-refractivity contribution in [2.45, 2.75) is 0 Å². The van der Waals surface area contributed by atoms with Crippen LogP contribution in [0.5, 0.6) is 0 Å². The van der Waals surface area contributed by atoms with Crippen LogP contribution in [-0.2, 0) is 0 Å². The number of hydrogen-bond donors (Lipinski definition) is 0. The van der Waals surface area contributed by atoms with Crippen LogP contribution in [0.25, 0.3) is 76.5 Å². The fourth-order valence-electron chi connectivity index (χ4n) is 5.25. The van der Waals surface area contributed by atoms with Gasteiger partial charge in [-0.2, -0.15) is 0 Å². The molecule has 8 aromatic carbocycles. The average Bonchev–Trinajstić information content (AvgIpc) is 3.21. The lowest BCUT2D eigenvalue weighted by Crippen LogP contribution is -1.92. The molecule has 8 rings (SSSR count). The van der Waals surface area contributed by atoms with E-state index >= 15 is 0 Å². The van der Waals surface area contributed by atoms with E-state index < -0.39 is 78.6 Å². The summed E-state index contributed by atoms with van der Waals surface area (Å²) in [5.41, 5.74) is -0.687. The lowest BCUT2D eigenvalue weighted by atomic mass is 9.84. The Morgan fingerprint density at radius 2 is 0.875 bits per heavy atom. The van der Waals surface area contributed by atoms with Gasteiger partial charge >= 0.3 is 0 Å². The van der Waals surface area contributed by atoms with E-state index in [1.165, 1.54) is 42.5 Å². The van der Waals surface area contributed by atoms with Crippen molar-refractivity contribution < 1.29 is 26.0 Å². The Labute approximate surface area is 260 Å². The van der Waals surface area contributed by atoms with Gasteiger partial charge in [0.15, 0.2) is 0 Å². The molecule has 8 aromatic rings. The average molecular weight is 526 g/mol. The van der Waals surface area contributed by atoms with E-state index in [1.807, 2.05) is 0 Å². The van der Waals surface area contributed by atoms with Gasteiger partial charge in [-0.25, -0.2) is 0 Å². The second-order valence-corrected chi connectivity index (χ2v) is 9.07. The molecule has 0 unspecified atom stereocenters. The van der Waals surface area contributed by atoms with Crippen molar-refractivity contribution in [1.29, 1.82) is 0 Å². The molecule has 0 N–H and O–H groups in total. The van der Waals surface area contributed by atoms with Gasteiger partial charge in [0.25, 0.3) is 0 Å².